The number of aliphatic hydroxyl groups is 1. The van der Waals surface area contributed by atoms with Crippen LogP contribution in [0, 0.1) is 11.8 Å². The van der Waals surface area contributed by atoms with Crippen molar-refractivity contribution in [1.29, 1.82) is 0 Å². The topological polar surface area (TPSA) is 62.2 Å². The molecule has 1 rings (SSSR count). The molecule has 0 saturated carbocycles. The molecular formula is C14H18N2O2. The maximum absolute atomic E-state index is 11.8. The minimum Gasteiger partial charge on any atom is -0.395 e. The molecule has 0 fully saturated rings. The molecular weight excluding hydrogens is 228 g/mol. The smallest absolute Gasteiger partial charge is 0.270 e. The van der Waals surface area contributed by atoms with Crippen LogP contribution in [0.5, 0.6) is 0 Å². The second-order valence-corrected chi connectivity index (χ2v) is 4.91. The molecule has 0 radical (unpaired) electrons. The summed E-state index contributed by atoms with van der Waals surface area (Å²) in [5.74, 6) is 5.46. The minimum absolute atomic E-state index is 0.0481. The van der Waals surface area contributed by atoms with Gasteiger partial charge in [0.1, 0.15) is 5.69 Å². The van der Waals surface area contributed by atoms with Crippen LogP contribution >= 0.6 is 0 Å². The lowest BCUT2D eigenvalue weighted by Gasteiger charge is -2.19. The summed E-state index contributed by atoms with van der Waals surface area (Å²) in [5, 5.41) is 11.4. The molecule has 1 aromatic heterocycles. The molecule has 0 saturated heterocycles. The first-order valence-electron chi connectivity index (χ1n) is 5.81. The van der Waals surface area contributed by atoms with E-state index in [1.807, 2.05) is 20.8 Å². The Morgan fingerprint density at radius 2 is 2.17 bits per heavy atom. The summed E-state index contributed by atoms with van der Waals surface area (Å²) in [4.78, 5) is 15.9. The van der Waals surface area contributed by atoms with E-state index in [1.54, 1.807) is 18.3 Å². The van der Waals surface area contributed by atoms with Gasteiger partial charge in [-0.1, -0.05) is 11.8 Å². The van der Waals surface area contributed by atoms with Gasteiger partial charge in [0.05, 0.1) is 6.61 Å². The molecule has 0 aromatic carbocycles. The van der Waals surface area contributed by atoms with Crippen LogP contribution in [0.3, 0.4) is 0 Å². The van der Waals surface area contributed by atoms with Gasteiger partial charge < -0.3 is 10.4 Å². The van der Waals surface area contributed by atoms with E-state index in [2.05, 4.69) is 22.1 Å². The van der Waals surface area contributed by atoms with Crippen molar-refractivity contribution in [3.8, 4) is 11.8 Å². The van der Waals surface area contributed by atoms with Crippen molar-refractivity contribution in [3.63, 3.8) is 0 Å². The number of hydrogen-bond donors (Lipinski definition) is 2. The predicted octanol–water partition coefficient (Wildman–Crippen LogP) is 1.34. The van der Waals surface area contributed by atoms with E-state index in [0.717, 1.165) is 5.56 Å². The second-order valence-electron chi connectivity index (χ2n) is 4.91. The van der Waals surface area contributed by atoms with Gasteiger partial charge >= 0.3 is 0 Å². The standard InChI is InChI=1S/C14H18N2O2/c1-14(2,3)16-13(18)12-8-7-11(10-15-12)6-4-5-9-17/h7-8,10,17H,5,9H2,1-3H3,(H,16,18). The molecule has 0 aliphatic rings. The van der Waals surface area contributed by atoms with E-state index in [9.17, 15) is 4.79 Å². The van der Waals surface area contributed by atoms with Crippen molar-refractivity contribution in [3.05, 3.63) is 29.6 Å². The first kappa shape index (κ1) is 14.2. The average Bonchev–Trinajstić information content (AvgIpc) is 2.28. The third kappa shape index (κ3) is 4.98. The third-order valence-electron chi connectivity index (χ3n) is 1.95. The van der Waals surface area contributed by atoms with Crippen LogP contribution in [0.15, 0.2) is 18.3 Å². The van der Waals surface area contributed by atoms with Crippen LogP contribution in [0.4, 0.5) is 0 Å². The van der Waals surface area contributed by atoms with E-state index in [-0.39, 0.29) is 18.1 Å². The Labute approximate surface area is 107 Å². The van der Waals surface area contributed by atoms with Gasteiger partial charge in [0.15, 0.2) is 0 Å². The monoisotopic (exact) mass is 246 g/mol. The fourth-order valence-electron chi connectivity index (χ4n) is 1.23. The molecule has 0 unspecified atom stereocenters. The van der Waals surface area contributed by atoms with Crippen molar-refractivity contribution >= 4 is 5.91 Å². The fourth-order valence-corrected chi connectivity index (χ4v) is 1.23. The molecule has 0 bridgehead atoms. The van der Waals surface area contributed by atoms with E-state index < -0.39 is 0 Å². The van der Waals surface area contributed by atoms with E-state index in [4.69, 9.17) is 5.11 Å². The van der Waals surface area contributed by atoms with Crippen molar-refractivity contribution in [2.45, 2.75) is 32.7 Å². The Morgan fingerprint density at radius 1 is 1.44 bits per heavy atom. The predicted molar refractivity (Wildman–Crippen MR) is 70.0 cm³/mol. The number of amides is 1. The maximum atomic E-state index is 11.8. The number of carbonyl (C=O) groups is 1. The largest absolute Gasteiger partial charge is 0.395 e. The molecule has 1 heterocycles. The van der Waals surface area contributed by atoms with Gasteiger partial charge in [0.2, 0.25) is 0 Å². The van der Waals surface area contributed by atoms with Crippen LogP contribution in [0.25, 0.3) is 0 Å². The van der Waals surface area contributed by atoms with Crippen LogP contribution in [0.1, 0.15) is 43.2 Å². The zero-order chi connectivity index (χ0) is 13.6. The fraction of sp³-hybridized carbons (Fsp3) is 0.429. The van der Waals surface area contributed by atoms with Crippen molar-refractivity contribution in [1.82, 2.24) is 10.3 Å². The first-order chi connectivity index (χ1) is 8.42. The van der Waals surface area contributed by atoms with Crippen LogP contribution < -0.4 is 5.32 Å². The third-order valence-corrected chi connectivity index (χ3v) is 1.95. The quantitative estimate of drug-likeness (QED) is 0.774. The van der Waals surface area contributed by atoms with Crippen molar-refractivity contribution < 1.29 is 9.90 Å². The van der Waals surface area contributed by atoms with Gasteiger partial charge in [-0.15, -0.1) is 0 Å². The Bertz CT molecular complexity index is 461. The normalized spacial score (nSPS) is 10.4. The summed E-state index contributed by atoms with van der Waals surface area (Å²) in [6.07, 6.45) is 1.99. The lowest BCUT2D eigenvalue weighted by molar-refractivity contribution is 0.0914. The zero-order valence-corrected chi connectivity index (χ0v) is 10.9. The van der Waals surface area contributed by atoms with E-state index in [1.165, 1.54) is 0 Å². The van der Waals surface area contributed by atoms with Gasteiger partial charge in [0.25, 0.3) is 5.91 Å². The Kier molecular flexibility index (Phi) is 4.87. The molecule has 0 spiro atoms. The number of nitrogens with one attached hydrogen (secondary N) is 1. The molecule has 2 N–H and O–H groups in total. The molecule has 18 heavy (non-hydrogen) atoms. The van der Waals surface area contributed by atoms with Gasteiger partial charge in [-0.3, -0.25) is 4.79 Å². The Morgan fingerprint density at radius 3 is 2.67 bits per heavy atom. The lowest BCUT2D eigenvalue weighted by Crippen LogP contribution is -2.40. The molecule has 1 amide bonds. The number of hydrogen-bond acceptors (Lipinski definition) is 3. The maximum Gasteiger partial charge on any atom is 0.270 e. The number of aliphatic hydroxyl groups excluding tert-OH is 1. The summed E-state index contributed by atoms with van der Waals surface area (Å²) in [6.45, 7) is 5.80. The Hall–Kier alpha value is -1.86. The second kappa shape index (κ2) is 6.18. The number of carbonyl (C=O) groups excluding carboxylic acids is 1. The van der Waals surface area contributed by atoms with Gasteiger partial charge in [0, 0.05) is 23.7 Å². The lowest BCUT2D eigenvalue weighted by atomic mass is 10.1. The summed E-state index contributed by atoms with van der Waals surface area (Å²) in [6, 6.07) is 3.39. The average molecular weight is 246 g/mol. The van der Waals surface area contributed by atoms with E-state index >= 15 is 0 Å². The van der Waals surface area contributed by atoms with Gasteiger partial charge in [-0.25, -0.2) is 4.98 Å². The number of pyridine rings is 1. The minimum atomic E-state index is -0.279. The molecule has 0 aliphatic carbocycles. The molecule has 0 aliphatic heterocycles. The van der Waals surface area contributed by atoms with E-state index in [0.29, 0.717) is 12.1 Å². The number of nitrogens with zero attached hydrogens (tertiary/aromatic N) is 1. The number of aromatic nitrogens is 1. The molecule has 4 nitrogen and oxygen atoms in total. The van der Waals surface area contributed by atoms with Crippen LogP contribution in [0.2, 0.25) is 0 Å². The van der Waals surface area contributed by atoms with Gasteiger partial charge in [-0.2, -0.15) is 0 Å². The highest BCUT2D eigenvalue weighted by atomic mass is 16.2. The highest BCUT2D eigenvalue weighted by Gasteiger charge is 2.15. The van der Waals surface area contributed by atoms with Crippen LogP contribution in [-0.4, -0.2) is 28.1 Å². The first-order valence-corrected chi connectivity index (χ1v) is 5.81. The molecule has 4 heteroatoms. The molecule has 96 valence electrons. The summed E-state index contributed by atoms with van der Waals surface area (Å²) < 4.78 is 0. The van der Waals surface area contributed by atoms with Crippen molar-refractivity contribution in [2.24, 2.45) is 0 Å². The SMILES string of the molecule is CC(C)(C)NC(=O)c1ccc(C#CCCO)cn1. The Balaban J connectivity index is 2.72. The molecule has 0 atom stereocenters. The zero-order valence-electron chi connectivity index (χ0n) is 10.9. The highest BCUT2D eigenvalue weighted by molar-refractivity contribution is 5.92. The van der Waals surface area contributed by atoms with Crippen LogP contribution in [-0.2, 0) is 0 Å². The summed E-state index contributed by atoms with van der Waals surface area (Å²) in [7, 11) is 0. The summed E-state index contributed by atoms with van der Waals surface area (Å²) in [5.41, 5.74) is 0.826. The van der Waals surface area contributed by atoms with Crippen molar-refractivity contribution in [2.75, 3.05) is 6.61 Å². The van der Waals surface area contributed by atoms with Gasteiger partial charge in [-0.05, 0) is 32.9 Å². The summed E-state index contributed by atoms with van der Waals surface area (Å²) >= 11 is 0. The number of rotatable bonds is 2. The molecule has 1 aromatic rings. The highest BCUT2D eigenvalue weighted by Crippen LogP contribution is 2.03.